The fourth-order valence-corrected chi connectivity index (χ4v) is 3.62. The second-order valence-electron chi connectivity index (χ2n) is 5.98. The Balaban J connectivity index is 2.13. The summed E-state index contributed by atoms with van der Waals surface area (Å²) in [6, 6.07) is 13.3. The first-order valence-corrected chi connectivity index (χ1v) is 8.29. The van der Waals surface area contributed by atoms with Crippen molar-refractivity contribution in [3.8, 4) is 11.1 Å². The zero-order chi connectivity index (χ0) is 17.0. The van der Waals surface area contributed by atoms with E-state index in [0.717, 1.165) is 21.9 Å². The highest BCUT2D eigenvalue weighted by atomic mass is 35.5. The van der Waals surface area contributed by atoms with Gasteiger partial charge >= 0.3 is 0 Å². The van der Waals surface area contributed by atoms with Gasteiger partial charge in [-0.2, -0.15) is 0 Å². The molecule has 0 unspecified atom stereocenters. The van der Waals surface area contributed by atoms with Crippen LogP contribution in [0, 0.1) is 6.92 Å². The Kier molecular flexibility index (Phi) is 3.44. The van der Waals surface area contributed by atoms with E-state index in [9.17, 15) is 4.79 Å². The van der Waals surface area contributed by atoms with Gasteiger partial charge in [0.2, 0.25) is 0 Å². The van der Waals surface area contributed by atoms with Crippen LogP contribution >= 0.6 is 23.2 Å². The fraction of sp³-hybridized carbons (Fsp3) is 0.105. The predicted octanol–water partition coefficient (Wildman–Crippen LogP) is 5.30. The van der Waals surface area contributed by atoms with Gasteiger partial charge in [0.05, 0.1) is 5.02 Å². The minimum absolute atomic E-state index is 0.102. The van der Waals surface area contributed by atoms with E-state index in [1.807, 2.05) is 18.2 Å². The van der Waals surface area contributed by atoms with Crippen LogP contribution in [-0.2, 0) is 7.05 Å². The quantitative estimate of drug-likeness (QED) is 0.493. The van der Waals surface area contributed by atoms with Gasteiger partial charge in [-0.25, -0.2) is 0 Å². The van der Waals surface area contributed by atoms with Crippen LogP contribution in [0.15, 0.2) is 47.3 Å². The van der Waals surface area contributed by atoms with Crippen LogP contribution in [0.2, 0.25) is 10.0 Å². The summed E-state index contributed by atoms with van der Waals surface area (Å²) < 4.78 is 1.63. The largest absolute Gasteiger partial charge is 0.341 e. The van der Waals surface area contributed by atoms with Crippen molar-refractivity contribution in [2.45, 2.75) is 6.92 Å². The molecule has 4 rings (SSSR count). The minimum Gasteiger partial charge on any atom is -0.341 e. The maximum Gasteiger partial charge on any atom is 0.259 e. The Morgan fingerprint density at radius 3 is 2.50 bits per heavy atom. The van der Waals surface area contributed by atoms with Crippen molar-refractivity contribution in [1.29, 1.82) is 0 Å². The first-order valence-electron chi connectivity index (χ1n) is 7.53. The number of nitrogens with one attached hydrogen (secondary N) is 1. The molecule has 24 heavy (non-hydrogen) atoms. The Hall–Kier alpha value is -2.23. The number of aromatic nitrogens is 2. The maximum atomic E-state index is 12.8. The van der Waals surface area contributed by atoms with Crippen molar-refractivity contribution in [2.24, 2.45) is 7.05 Å². The molecule has 0 bridgehead atoms. The predicted molar refractivity (Wildman–Crippen MR) is 101 cm³/mol. The molecule has 2 aromatic heterocycles. The summed E-state index contributed by atoms with van der Waals surface area (Å²) in [6.45, 7) is 2.05. The number of rotatable bonds is 1. The summed E-state index contributed by atoms with van der Waals surface area (Å²) in [6.07, 6.45) is 0. The van der Waals surface area contributed by atoms with Gasteiger partial charge in [0.1, 0.15) is 5.65 Å². The van der Waals surface area contributed by atoms with Gasteiger partial charge in [0.25, 0.3) is 5.56 Å². The number of halogens is 2. The lowest BCUT2D eigenvalue weighted by atomic mass is 10.0. The maximum absolute atomic E-state index is 12.8. The van der Waals surface area contributed by atoms with E-state index < -0.39 is 0 Å². The monoisotopic (exact) mass is 356 g/mol. The molecule has 2 aromatic carbocycles. The van der Waals surface area contributed by atoms with E-state index in [-0.39, 0.29) is 5.56 Å². The number of H-pyrrole nitrogens is 1. The number of aromatic amines is 1. The molecule has 1 N–H and O–H groups in total. The summed E-state index contributed by atoms with van der Waals surface area (Å²) in [5, 5.41) is 3.10. The zero-order valence-corrected chi connectivity index (χ0v) is 14.7. The third kappa shape index (κ3) is 2.24. The van der Waals surface area contributed by atoms with Gasteiger partial charge < -0.3 is 4.98 Å². The van der Waals surface area contributed by atoms with Crippen molar-refractivity contribution in [3.05, 3.63) is 68.4 Å². The van der Waals surface area contributed by atoms with Gasteiger partial charge in [-0.05, 0) is 37.3 Å². The molecular formula is C19H14Cl2N2O. The van der Waals surface area contributed by atoms with Crippen molar-refractivity contribution < 1.29 is 0 Å². The lowest BCUT2D eigenvalue weighted by Gasteiger charge is -2.08. The Bertz CT molecular complexity index is 1170. The molecule has 0 fully saturated rings. The lowest BCUT2D eigenvalue weighted by molar-refractivity contribution is 0.896. The SMILES string of the molecule is Cc1ccc2[nH]c3c(cc(-c4ccc(Cl)cc4Cl)c(=O)n3C)c2c1. The number of pyridine rings is 1. The average molecular weight is 357 g/mol. The standard InChI is InChI=1S/C19H14Cl2N2O/c1-10-3-6-17-13(7-10)14-9-15(19(24)23(2)18(14)22-17)12-5-4-11(20)8-16(12)21/h3-9,22H,1-2H3. The van der Waals surface area contributed by atoms with Crippen LogP contribution < -0.4 is 5.56 Å². The molecule has 0 aliphatic carbocycles. The summed E-state index contributed by atoms with van der Waals surface area (Å²) >= 11 is 12.3. The minimum atomic E-state index is -0.102. The third-order valence-corrected chi connectivity index (χ3v) is 4.90. The second kappa shape index (κ2) is 5.40. The van der Waals surface area contributed by atoms with Crippen molar-refractivity contribution in [1.82, 2.24) is 9.55 Å². The van der Waals surface area contributed by atoms with E-state index >= 15 is 0 Å². The van der Waals surface area contributed by atoms with Crippen LogP contribution in [0.3, 0.4) is 0 Å². The van der Waals surface area contributed by atoms with Gasteiger partial charge in [0, 0.05) is 39.5 Å². The fourth-order valence-electron chi connectivity index (χ4n) is 3.11. The number of aryl methyl sites for hydroxylation is 2. The highest BCUT2D eigenvalue weighted by Gasteiger charge is 2.15. The summed E-state index contributed by atoms with van der Waals surface area (Å²) in [5.41, 5.74) is 4.12. The highest BCUT2D eigenvalue weighted by Crippen LogP contribution is 2.32. The Morgan fingerprint density at radius 2 is 1.75 bits per heavy atom. The third-order valence-electron chi connectivity index (χ3n) is 4.35. The number of hydrogen-bond donors (Lipinski definition) is 1. The highest BCUT2D eigenvalue weighted by molar-refractivity contribution is 6.36. The van der Waals surface area contributed by atoms with Crippen LogP contribution in [0.25, 0.3) is 33.1 Å². The van der Waals surface area contributed by atoms with E-state index in [1.165, 1.54) is 5.56 Å². The molecule has 0 saturated carbocycles. The first-order chi connectivity index (χ1) is 11.5. The number of fused-ring (bicyclic) bond motifs is 3. The second-order valence-corrected chi connectivity index (χ2v) is 6.83. The normalized spacial score (nSPS) is 11.5. The van der Waals surface area contributed by atoms with Crippen LogP contribution in [0.1, 0.15) is 5.56 Å². The molecule has 0 amide bonds. The molecule has 3 nitrogen and oxygen atoms in total. The van der Waals surface area contributed by atoms with Gasteiger partial charge in [-0.3, -0.25) is 9.36 Å². The molecule has 0 spiro atoms. The first kappa shape index (κ1) is 15.3. The smallest absolute Gasteiger partial charge is 0.259 e. The number of nitrogens with zero attached hydrogens (tertiary/aromatic N) is 1. The lowest BCUT2D eigenvalue weighted by Crippen LogP contribution is -2.19. The Morgan fingerprint density at radius 1 is 0.958 bits per heavy atom. The number of hydrogen-bond acceptors (Lipinski definition) is 1. The number of benzene rings is 2. The summed E-state index contributed by atoms with van der Waals surface area (Å²) in [4.78, 5) is 16.1. The molecular weight excluding hydrogens is 343 g/mol. The van der Waals surface area contributed by atoms with Gasteiger partial charge in [-0.1, -0.05) is 40.9 Å². The van der Waals surface area contributed by atoms with Crippen LogP contribution in [0.5, 0.6) is 0 Å². The van der Waals surface area contributed by atoms with Crippen molar-refractivity contribution in [2.75, 3.05) is 0 Å². The van der Waals surface area contributed by atoms with Gasteiger partial charge in [0.15, 0.2) is 0 Å². The van der Waals surface area contributed by atoms with Crippen molar-refractivity contribution in [3.63, 3.8) is 0 Å². The summed E-state index contributed by atoms with van der Waals surface area (Å²) in [7, 11) is 1.76. The molecule has 5 heteroatoms. The molecule has 0 atom stereocenters. The molecule has 0 radical (unpaired) electrons. The molecule has 4 aromatic rings. The van der Waals surface area contributed by atoms with Crippen LogP contribution in [-0.4, -0.2) is 9.55 Å². The topological polar surface area (TPSA) is 37.8 Å². The van der Waals surface area contributed by atoms with E-state index in [4.69, 9.17) is 23.2 Å². The van der Waals surface area contributed by atoms with E-state index in [1.54, 1.807) is 29.8 Å². The average Bonchev–Trinajstić information content (AvgIpc) is 2.89. The zero-order valence-electron chi connectivity index (χ0n) is 13.2. The Labute approximate surface area is 148 Å². The van der Waals surface area contributed by atoms with Crippen molar-refractivity contribution >= 4 is 45.1 Å². The molecule has 0 aliphatic heterocycles. The molecule has 2 heterocycles. The van der Waals surface area contributed by atoms with E-state index in [2.05, 4.69) is 18.0 Å². The van der Waals surface area contributed by atoms with Gasteiger partial charge in [-0.15, -0.1) is 0 Å². The van der Waals surface area contributed by atoms with Crippen LogP contribution in [0.4, 0.5) is 0 Å². The summed E-state index contributed by atoms with van der Waals surface area (Å²) in [5.74, 6) is 0. The molecule has 0 aliphatic rings. The molecule has 0 saturated heterocycles. The van der Waals surface area contributed by atoms with E-state index in [0.29, 0.717) is 21.2 Å². The molecule has 120 valence electrons.